The van der Waals surface area contributed by atoms with Gasteiger partial charge in [0.15, 0.2) is 0 Å². The summed E-state index contributed by atoms with van der Waals surface area (Å²) in [5, 5.41) is 11.7. The molecule has 0 saturated carbocycles. The molecule has 4 nitrogen and oxygen atoms in total. The zero-order valence-corrected chi connectivity index (χ0v) is 17.5. The number of rotatable bonds is 13. The molecule has 120 valence electrons. The number of aliphatic carboxylic acids is 1. The van der Waals surface area contributed by atoms with Crippen LogP contribution in [0.2, 0.25) is 0 Å². The summed E-state index contributed by atoms with van der Waals surface area (Å²) in [6, 6.07) is 0. The number of unbranched alkanes of at least 4 members (excludes halogenated alkanes) is 3. The Labute approximate surface area is 151 Å². The second kappa shape index (κ2) is 16.6. The van der Waals surface area contributed by atoms with Gasteiger partial charge in [-0.2, -0.15) is 25.3 Å². The number of carbonyl (C=O) groups excluding carboxylic acids is 1. The van der Waals surface area contributed by atoms with Crippen molar-refractivity contribution in [2.24, 2.45) is 0 Å². The van der Waals surface area contributed by atoms with Gasteiger partial charge in [0, 0.05) is 44.1 Å². The minimum absolute atomic E-state index is 0. The second-order valence-corrected chi connectivity index (χ2v) is 6.14. The van der Waals surface area contributed by atoms with Crippen LogP contribution in [0.25, 0.3) is 0 Å². The number of carboxylic acid groups (broad SMARTS) is 1. The summed E-state index contributed by atoms with van der Waals surface area (Å²) in [5.74, 6) is 0.193. The molecule has 0 heterocycles. The standard InChI is InChI=1S/C14H27NO3S2.Zn/c16-13(7-4-3-6-12(20)9-11-19)15-10-5-1-2-8-14(17)18;/h12,19-20H,1-11H2,(H,15,16)(H,17,18);. The first-order valence-corrected chi connectivity index (χ1v) is 8.48. The maximum absolute atomic E-state index is 11.5. The topological polar surface area (TPSA) is 66.4 Å². The van der Waals surface area contributed by atoms with E-state index in [4.69, 9.17) is 5.11 Å². The number of nitrogens with one attached hydrogen (secondary N) is 1. The van der Waals surface area contributed by atoms with E-state index >= 15 is 0 Å². The van der Waals surface area contributed by atoms with Crippen LogP contribution in [0.4, 0.5) is 0 Å². The van der Waals surface area contributed by atoms with Crippen LogP contribution in [-0.4, -0.2) is 34.5 Å². The van der Waals surface area contributed by atoms with Gasteiger partial charge < -0.3 is 10.4 Å². The fourth-order valence-electron chi connectivity index (χ4n) is 1.85. The van der Waals surface area contributed by atoms with E-state index in [9.17, 15) is 9.59 Å². The smallest absolute Gasteiger partial charge is 0.303 e. The summed E-state index contributed by atoms with van der Waals surface area (Å²) in [6.45, 7) is 0.646. The van der Waals surface area contributed by atoms with Crippen LogP contribution in [0.5, 0.6) is 0 Å². The van der Waals surface area contributed by atoms with Gasteiger partial charge >= 0.3 is 5.97 Å². The number of hydrogen-bond donors (Lipinski definition) is 4. The SMILES string of the molecule is O=C(O)CCCCCNC(=O)CCCCC(S)CCS.[Zn]. The van der Waals surface area contributed by atoms with Crippen molar-refractivity contribution in [1.82, 2.24) is 5.32 Å². The van der Waals surface area contributed by atoms with Crippen molar-refractivity contribution in [3.8, 4) is 0 Å². The third kappa shape index (κ3) is 18.2. The second-order valence-electron chi connectivity index (χ2n) is 4.97. The molecule has 0 aliphatic carbocycles. The van der Waals surface area contributed by atoms with Crippen molar-refractivity contribution in [3.05, 3.63) is 0 Å². The van der Waals surface area contributed by atoms with Crippen LogP contribution in [0, 0.1) is 0 Å². The van der Waals surface area contributed by atoms with Gasteiger partial charge in [0.25, 0.3) is 0 Å². The van der Waals surface area contributed by atoms with Gasteiger partial charge in [-0.3, -0.25) is 9.59 Å². The molecular formula is C14H27NO3S2Zn. The minimum atomic E-state index is -0.755. The van der Waals surface area contributed by atoms with Crippen molar-refractivity contribution in [3.63, 3.8) is 0 Å². The molecule has 0 spiro atoms. The largest absolute Gasteiger partial charge is 0.481 e. The van der Waals surface area contributed by atoms with Gasteiger partial charge in [-0.25, -0.2) is 0 Å². The summed E-state index contributed by atoms with van der Waals surface area (Å²) in [7, 11) is 0. The number of hydrogen-bond acceptors (Lipinski definition) is 4. The van der Waals surface area contributed by atoms with Crippen LogP contribution >= 0.6 is 25.3 Å². The van der Waals surface area contributed by atoms with Gasteiger partial charge in [-0.05, 0) is 37.9 Å². The Morgan fingerprint density at radius 2 is 1.67 bits per heavy atom. The Morgan fingerprint density at radius 3 is 2.29 bits per heavy atom. The fourth-order valence-corrected chi connectivity index (χ4v) is 2.68. The molecule has 1 atom stereocenters. The third-order valence-electron chi connectivity index (χ3n) is 3.04. The summed E-state index contributed by atoms with van der Waals surface area (Å²) in [6.07, 6.45) is 7.11. The predicted octanol–water partition coefficient (Wildman–Crippen LogP) is 2.92. The maximum atomic E-state index is 11.5. The Kier molecular flexibility index (Phi) is 18.6. The maximum Gasteiger partial charge on any atom is 0.303 e. The first-order chi connectivity index (χ1) is 9.56. The van der Waals surface area contributed by atoms with Crippen molar-refractivity contribution < 1.29 is 34.2 Å². The summed E-state index contributed by atoms with van der Waals surface area (Å²) < 4.78 is 0. The van der Waals surface area contributed by atoms with Gasteiger partial charge in [-0.1, -0.05) is 12.8 Å². The van der Waals surface area contributed by atoms with Crippen LogP contribution in [0.3, 0.4) is 0 Å². The third-order valence-corrected chi connectivity index (χ3v) is 3.82. The molecule has 1 unspecified atom stereocenters. The first kappa shape index (κ1) is 23.5. The van der Waals surface area contributed by atoms with Crippen LogP contribution < -0.4 is 5.32 Å². The van der Waals surface area contributed by atoms with E-state index < -0.39 is 5.97 Å². The molecule has 1 amide bonds. The van der Waals surface area contributed by atoms with Gasteiger partial charge in [0.2, 0.25) is 5.91 Å². The molecule has 0 aliphatic heterocycles. The van der Waals surface area contributed by atoms with E-state index in [0.29, 0.717) is 24.6 Å². The average molecular weight is 387 g/mol. The number of carbonyl (C=O) groups is 2. The zero-order chi connectivity index (χ0) is 15.2. The van der Waals surface area contributed by atoms with Crippen molar-refractivity contribution in [2.75, 3.05) is 12.3 Å². The molecule has 0 aromatic rings. The summed E-state index contributed by atoms with van der Waals surface area (Å²) >= 11 is 8.61. The Balaban J connectivity index is 0. The first-order valence-electron chi connectivity index (χ1n) is 7.33. The molecule has 0 fully saturated rings. The van der Waals surface area contributed by atoms with Crippen LogP contribution in [0.15, 0.2) is 0 Å². The quantitative estimate of drug-likeness (QED) is 0.223. The number of amides is 1. The van der Waals surface area contributed by atoms with E-state index in [2.05, 4.69) is 30.6 Å². The molecule has 0 aromatic heterocycles. The normalized spacial score (nSPS) is 11.5. The van der Waals surface area contributed by atoms with E-state index in [0.717, 1.165) is 44.3 Å². The van der Waals surface area contributed by atoms with Gasteiger partial charge in [-0.15, -0.1) is 0 Å². The molecule has 0 bridgehead atoms. The fraction of sp³-hybridized carbons (Fsp3) is 0.857. The molecule has 0 aliphatic rings. The van der Waals surface area contributed by atoms with E-state index in [1.807, 2.05) is 0 Å². The number of carboxylic acids is 1. The van der Waals surface area contributed by atoms with Gasteiger partial charge in [0.1, 0.15) is 0 Å². The number of thiol groups is 2. The van der Waals surface area contributed by atoms with Crippen molar-refractivity contribution in [1.29, 1.82) is 0 Å². The van der Waals surface area contributed by atoms with E-state index in [1.165, 1.54) is 0 Å². The van der Waals surface area contributed by atoms with Gasteiger partial charge in [0.05, 0.1) is 0 Å². The minimum Gasteiger partial charge on any atom is -0.481 e. The Bertz CT molecular complexity index is 281. The summed E-state index contributed by atoms with van der Waals surface area (Å²) in [4.78, 5) is 21.8. The molecule has 0 radical (unpaired) electrons. The van der Waals surface area contributed by atoms with E-state index in [-0.39, 0.29) is 31.8 Å². The molecule has 0 saturated heterocycles. The Hall–Kier alpha value is 0.263. The molecule has 2 N–H and O–H groups in total. The van der Waals surface area contributed by atoms with Crippen LogP contribution in [-0.2, 0) is 29.1 Å². The molecular weight excluding hydrogens is 360 g/mol. The summed E-state index contributed by atoms with van der Waals surface area (Å²) in [5.41, 5.74) is 0. The van der Waals surface area contributed by atoms with Crippen molar-refractivity contribution in [2.45, 2.75) is 63.0 Å². The monoisotopic (exact) mass is 385 g/mol. The molecule has 0 rings (SSSR count). The molecule has 7 heteroatoms. The molecule has 0 aromatic carbocycles. The Morgan fingerprint density at radius 1 is 1.00 bits per heavy atom. The average Bonchev–Trinajstić information content (AvgIpc) is 2.39. The van der Waals surface area contributed by atoms with Crippen LogP contribution in [0.1, 0.15) is 57.8 Å². The zero-order valence-electron chi connectivity index (χ0n) is 12.7. The van der Waals surface area contributed by atoms with E-state index in [1.54, 1.807) is 0 Å². The predicted molar refractivity (Wildman–Crippen MR) is 88.8 cm³/mol. The van der Waals surface area contributed by atoms with Crippen molar-refractivity contribution >= 4 is 37.1 Å². The molecule has 21 heavy (non-hydrogen) atoms.